The van der Waals surface area contributed by atoms with Gasteiger partial charge in [-0.1, -0.05) is 49.4 Å². The molecule has 1 aromatic heterocycles. The van der Waals surface area contributed by atoms with Crippen LogP contribution in [-0.4, -0.2) is 46.9 Å². The third-order valence-corrected chi connectivity index (χ3v) is 6.98. The Balaban J connectivity index is 1.21. The first-order valence-electron chi connectivity index (χ1n) is 12.3. The maximum absolute atomic E-state index is 13.4. The van der Waals surface area contributed by atoms with E-state index in [2.05, 4.69) is 42.2 Å². The number of fused-ring (bicyclic) bond motifs is 2. The van der Waals surface area contributed by atoms with Crippen LogP contribution in [0.2, 0.25) is 0 Å². The van der Waals surface area contributed by atoms with Crippen molar-refractivity contribution in [2.24, 2.45) is 5.92 Å². The van der Waals surface area contributed by atoms with Gasteiger partial charge >= 0.3 is 0 Å². The lowest BCUT2D eigenvalue weighted by Crippen LogP contribution is -2.35. The number of likely N-dealkylation sites (tertiary alicyclic amines) is 1. The number of pyridine rings is 1. The summed E-state index contributed by atoms with van der Waals surface area (Å²) in [5.74, 6) is 1.48. The van der Waals surface area contributed by atoms with Crippen molar-refractivity contribution in [3.05, 3.63) is 71.4 Å². The van der Waals surface area contributed by atoms with Crippen LogP contribution in [0.1, 0.15) is 54.2 Å². The number of rotatable bonds is 8. The number of aromatic nitrogens is 1. The van der Waals surface area contributed by atoms with Crippen molar-refractivity contribution >= 4 is 16.8 Å². The Kier molecular flexibility index (Phi) is 6.58. The van der Waals surface area contributed by atoms with Gasteiger partial charge in [0.15, 0.2) is 0 Å². The van der Waals surface area contributed by atoms with E-state index < -0.39 is 0 Å². The van der Waals surface area contributed by atoms with Crippen molar-refractivity contribution in [3.63, 3.8) is 0 Å². The van der Waals surface area contributed by atoms with Gasteiger partial charge in [0, 0.05) is 18.5 Å². The molecule has 0 N–H and O–H groups in total. The third kappa shape index (κ3) is 4.74. The molecule has 0 aliphatic carbocycles. The molecule has 3 heterocycles. The van der Waals surface area contributed by atoms with Gasteiger partial charge in [-0.25, -0.2) is 4.98 Å². The van der Waals surface area contributed by atoms with E-state index in [1.54, 1.807) is 0 Å². The first-order valence-corrected chi connectivity index (χ1v) is 12.3. The fraction of sp³-hybridized carbons (Fsp3) is 0.429. The van der Waals surface area contributed by atoms with Crippen molar-refractivity contribution < 1.29 is 9.53 Å². The fourth-order valence-electron chi connectivity index (χ4n) is 5.12. The fourth-order valence-corrected chi connectivity index (χ4v) is 5.12. The van der Waals surface area contributed by atoms with Gasteiger partial charge in [-0.05, 0) is 62.4 Å². The molecule has 1 saturated heterocycles. The molecule has 0 unspecified atom stereocenters. The molecule has 2 aliphatic heterocycles. The van der Waals surface area contributed by atoms with E-state index in [0.717, 1.165) is 61.4 Å². The Morgan fingerprint density at radius 2 is 1.79 bits per heavy atom. The predicted molar refractivity (Wildman–Crippen MR) is 131 cm³/mol. The first-order chi connectivity index (χ1) is 16.2. The van der Waals surface area contributed by atoms with Gasteiger partial charge in [0.25, 0.3) is 5.91 Å². The maximum Gasteiger partial charge on any atom is 0.259 e. The SMILES string of the molecule is CCCOc1c2c(nc3ccccc13)CN(CCC1CCN(Cc3ccccc3)CC1)C2=O. The molecule has 5 heteroatoms. The Bertz CT molecular complexity index is 1110. The summed E-state index contributed by atoms with van der Waals surface area (Å²) in [6.45, 7) is 7.38. The third-order valence-electron chi connectivity index (χ3n) is 6.98. The van der Waals surface area contributed by atoms with Crippen molar-refractivity contribution in [2.75, 3.05) is 26.2 Å². The second kappa shape index (κ2) is 9.92. The summed E-state index contributed by atoms with van der Waals surface area (Å²) in [4.78, 5) is 22.7. The number of hydrogen-bond acceptors (Lipinski definition) is 4. The molecule has 5 nitrogen and oxygen atoms in total. The Hall–Kier alpha value is -2.92. The number of nitrogens with zero attached hydrogens (tertiary/aromatic N) is 3. The summed E-state index contributed by atoms with van der Waals surface area (Å²) in [6.07, 6.45) is 4.37. The lowest BCUT2D eigenvalue weighted by Gasteiger charge is -2.32. The van der Waals surface area contributed by atoms with Crippen LogP contribution < -0.4 is 4.74 Å². The topological polar surface area (TPSA) is 45.7 Å². The monoisotopic (exact) mass is 443 g/mol. The van der Waals surface area contributed by atoms with Gasteiger partial charge in [0.2, 0.25) is 0 Å². The molecule has 3 aromatic rings. The molecule has 0 spiro atoms. The van der Waals surface area contributed by atoms with Gasteiger partial charge in [-0.3, -0.25) is 9.69 Å². The van der Waals surface area contributed by atoms with Gasteiger partial charge < -0.3 is 9.64 Å². The summed E-state index contributed by atoms with van der Waals surface area (Å²) in [7, 11) is 0. The zero-order chi connectivity index (χ0) is 22.6. The highest BCUT2D eigenvalue weighted by atomic mass is 16.5. The van der Waals surface area contributed by atoms with Crippen LogP contribution in [0.5, 0.6) is 5.75 Å². The lowest BCUT2D eigenvalue weighted by atomic mass is 9.93. The van der Waals surface area contributed by atoms with E-state index in [0.29, 0.717) is 24.6 Å². The molecule has 1 fully saturated rings. The van der Waals surface area contributed by atoms with Crippen molar-refractivity contribution in [1.29, 1.82) is 0 Å². The molecule has 172 valence electrons. The van der Waals surface area contributed by atoms with Gasteiger partial charge in [-0.15, -0.1) is 0 Å². The smallest absolute Gasteiger partial charge is 0.259 e. The van der Waals surface area contributed by atoms with Gasteiger partial charge in [-0.2, -0.15) is 0 Å². The minimum atomic E-state index is 0.0795. The first kappa shape index (κ1) is 21.9. The average molecular weight is 444 g/mol. The highest BCUT2D eigenvalue weighted by Gasteiger charge is 2.34. The molecule has 33 heavy (non-hydrogen) atoms. The Morgan fingerprint density at radius 3 is 2.58 bits per heavy atom. The van der Waals surface area contributed by atoms with Crippen LogP contribution in [0, 0.1) is 5.92 Å². The number of carbonyl (C=O) groups excluding carboxylic acids is 1. The summed E-state index contributed by atoms with van der Waals surface area (Å²) >= 11 is 0. The minimum Gasteiger partial charge on any atom is -0.492 e. The highest BCUT2D eigenvalue weighted by molar-refractivity contribution is 6.05. The predicted octanol–water partition coefficient (Wildman–Crippen LogP) is 5.28. The summed E-state index contributed by atoms with van der Waals surface area (Å²) < 4.78 is 6.09. The van der Waals surface area contributed by atoms with E-state index in [-0.39, 0.29) is 5.91 Å². The van der Waals surface area contributed by atoms with Crippen LogP contribution in [0.15, 0.2) is 54.6 Å². The van der Waals surface area contributed by atoms with E-state index in [1.165, 1.54) is 18.4 Å². The lowest BCUT2D eigenvalue weighted by molar-refractivity contribution is 0.0754. The number of carbonyl (C=O) groups is 1. The number of amides is 1. The van der Waals surface area contributed by atoms with Gasteiger partial charge in [0.1, 0.15) is 11.3 Å². The Morgan fingerprint density at radius 1 is 1.03 bits per heavy atom. The molecular formula is C28H33N3O2. The molecule has 0 radical (unpaired) electrons. The quantitative estimate of drug-likeness (QED) is 0.475. The number of piperidine rings is 1. The molecule has 1 amide bonds. The number of para-hydroxylation sites is 1. The zero-order valence-electron chi connectivity index (χ0n) is 19.5. The summed E-state index contributed by atoms with van der Waals surface area (Å²) in [5, 5.41) is 0.936. The van der Waals surface area contributed by atoms with E-state index in [1.807, 2.05) is 29.2 Å². The second-order valence-corrected chi connectivity index (χ2v) is 9.35. The van der Waals surface area contributed by atoms with Crippen molar-refractivity contribution in [2.45, 2.75) is 45.7 Å². The van der Waals surface area contributed by atoms with Crippen LogP contribution in [-0.2, 0) is 13.1 Å². The minimum absolute atomic E-state index is 0.0795. The summed E-state index contributed by atoms with van der Waals surface area (Å²) in [5.41, 5.74) is 3.84. The molecule has 5 rings (SSSR count). The van der Waals surface area contributed by atoms with Crippen LogP contribution in [0.3, 0.4) is 0 Å². The summed E-state index contributed by atoms with van der Waals surface area (Å²) in [6, 6.07) is 18.7. The maximum atomic E-state index is 13.4. The van der Waals surface area contributed by atoms with E-state index >= 15 is 0 Å². The number of hydrogen-bond donors (Lipinski definition) is 0. The molecular weight excluding hydrogens is 410 g/mol. The molecule has 2 aromatic carbocycles. The van der Waals surface area contributed by atoms with Crippen molar-refractivity contribution in [1.82, 2.24) is 14.8 Å². The molecule has 0 atom stereocenters. The average Bonchev–Trinajstić information content (AvgIpc) is 3.17. The molecule has 0 saturated carbocycles. The number of ether oxygens (including phenoxy) is 1. The normalized spacial score (nSPS) is 17.0. The largest absolute Gasteiger partial charge is 0.492 e. The second-order valence-electron chi connectivity index (χ2n) is 9.35. The van der Waals surface area contributed by atoms with Crippen LogP contribution in [0.4, 0.5) is 0 Å². The van der Waals surface area contributed by atoms with E-state index in [4.69, 9.17) is 9.72 Å². The Labute approximate surface area is 196 Å². The standard InChI is InChI=1S/C28H33N3O2/c1-2-18-33-27-23-10-6-7-11-24(23)29-25-20-31(28(32)26(25)27)17-14-21-12-15-30(16-13-21)19-22-8-4-3-5-9-22/h3-11,21H,2,12-20H2,1H3. The highest BCUT2D eigenvalue weighted by Crippen LogP contribution is 2.36. The van der Waals surface area contributed by atoms with Crippen LogP contribution >= 0.6 is 0 Å². The van der Waals surface area contributed by atoms with Crippen molar-refractivity contribution in [3.8, 4) is 5.75 Å². The molecule has 2 aliphatic rings. The van der Waals surface area contributed by atoms with E-state index in [9.17, 15) is 4.79 Å². The van der Waals surface area contributed by atoms with Crippen LogP contribution in [0.25, 0.3) is 10.9 Å². The zero-order valence-corrected chi connectivity index (χ0v) is 19.5. The molecule has 0 bridgehead atoms. The number of benzene rings is 2. The van der Waals surface area contributed by atoms with Gasteiger partial charge in [0.05, 0.1) is 24.4 Å².